The standard InChI is InChI=1S/C12H10BrNO2/c1-6-3-7(2)11-8(12(15)16)5-10(13)14-9(11)4-6/h3-5H,1-2H3,(H,15,16). The van der Waals surface area contributed by atoms with Crippen LogP contribution in [0.1, 0.15) is 21.5 Å². The van der Waals surface area contributed by atoms with Crippen molar-refractivity contribution in [2.24, 2.45) is 0 Å². The number of fused-ring (bicyclic) bond motifs is 1. The van der Waals surface area contributed by atoms with E-state index in [0.29, 0.717) is 15.5 Å². The number of carbonyl (C=O) groups is 1. The van der Waals surface area contributed by atoms with Gasteiger partial charge in [0.1, 0.15) is 4.60 Å². The molecule has 1 heterocycles. The van der Waals surface area contributed by atoms with Crippen molar-refractivity contribution in [1.29, 1.82) is 0 Å². The molecule has 2 aromatic rings. The SMILES string of the molecule is Cc1cc(C)c2c(C(=O)O)cc(Br)nc2c1. The van der Waals surface area contributed by atoms with Crippen LogP contribution in [-0.4, -0.2) is 16.1 Å². The summed E-state index contributed by atoms with van der Waals surface area (Å²) in [6, 6.07) is 5.39. The smallest absolute Gasteiger partial charge is 0.336 e. The Morgan fingerprint density at radius 2 is 2.00 bits per heavy atom. The van der Waals surface area contributed by atoms with Gasteiger partial charge in [0.25, 0.3) is 0 Å². The fourth-order valence-corrected chi connectivity index (χ4v) is 2.31. The van der Waals surface area contributed by atoms with Crippen molar-refractivity contribution >= 4 is 32.8 Å². The van der Waals surface area contributed by atoms with Gasteiger partial charge in [-0.15, -0.1) is 0 Å². The molecule has 2 rings (SSSR count). The molecule has 1 aromatic carbocycles. The van der Waals surface area contributed by atoms with Gasteiger partial charge in [0.05, 0.1) is 11.1 Å². The highest BCUT2D eigenvalue weighted by molar-refractivity contribution is 9.10. The molecule has 0 aliphatic rings. The maximum Gasteiger partial charge on any atom is 0.336 e. The van der Waals surface area contributed by atoms with Crippen LogP contribution in [0.4, 0.5) is 0 Å². The quantitative estimate of drug-likeness (QED) is 0.815. The Kier molecular flexibility index (Phi) is 2.68. The Balaban J connectivity index is 2.95. The lowest BCUT2D eigenvalue weighted by Crippen LogP contribution is -2.01. The number of carboxylic acid groups (broad SMARTS) is 1. The number of aryl methyl sites for hydroxylation is 2. The first kappa shape index (κ1) is 11.1. The topological polar surface area (TPSA) is 50.2 Å². The van der Waals surface area contributed by atoms with Crippen LogP contribution in [0.2, 0.25) is 0 Å². The summed E-state index contributed by atoms with van der Waals surface area (Å²) in [6.45, 7) is 3.87. The summed E-state index contributed by atoms with van der Waals surface area (Å²) in [5.74, 6) is -0.931. The highest BCUT2D eigenvalue weighted by Crippen LogP contribution is 2.25. The molecule has 0 fully saturated rings. The van der Waals surface area contributed by atoms with Crippen LogP contribution < -0.4 is 0 Å². The van der Waals surface area contributed by atoms with Crippen molar-refractivity contribution in [2.75, 3.05) is 0 Å². The highest BCUT2D eigenvalue weighted by atomic mass is 79.9. The number of benzene rings is 1. The van der Waals surface area contributed by atoms with E-state index in [1.807, 2.05) is 26.0 Å². The fourth-order valence-electron chi connectivity index (χ4n) is 1.89. The van der Waals surface area contributed by atoms with Crippen LogP contribution in [0.15, 0.2) is 22.8 Å². The van der Waals surface area contributed by atoms with Gasteiger partial charge in [-0.3, -0.25) is 0 Å². The van der Waals surface area contributed by atoms with Crippen LogP contribution in [0.5, 0.6) is 0 Å². The van der Waals surface area contributed by atoms with Gasteiger partial charge in [-0.25, -0.2) is 9.78 Å². The molecule has 0 saturated heterocycles. The van der Waals surface area contributed by atoms with E-state index in [1.165, 1.54) is 6.07 Å². The molecule has 0 amide bonds. The summed E-state index contributed by atoms with van der Waals surface area (Å²) in [4.78, 5) is 15.4. The van der Waals surface area contributed by atoms with Crippen LogP contribution in [0, 0.1) is 13.8 Å². The molecular weight excluding hydrogens is 270 g/mol. The largest absolute Gasteiger partial charge is 0.478 e. The summed E-state index contributed by atoms with van der Waals surface area (Å²) in [7, 11) is 0. The van der Waals surface area contributed by atoms with Gasteiger partial charge in [-0.1, -0.05) is 6.07 Å². The third-order valence-electron chi connectivity index (χ3n) is 2.45. The summed E-state index contributed by atoms with van der Waals surface area (Å²) < 4.78 is 0.544. The number of hydrogen-bond donors (Lipinski definition) is 1. The summed E-state index contributed by atoms with van der Waals surface area (Å²) in [6.07, 6.45) is 0. The molecule has 3 nitrogen and oxygen atoms in total. The second-order valence-corrected chi connectivity index (χ2v) is 4.59. The Morgan fingerprint density at radius 1 is 1.31 bits per heavy atom. The number of rotatable bonds is 1. The number of hydrogen-bond acceptors (Lipinski definition) is 2. The minimum absolute atomic E-state index is 0.286. The Bertz CT molecular complexity index is 588. The van der Waals surface area contributed by atoms with Gasteiger partial charge >= 0.3 is 5.97 Å². The van der Waals surface area contributed by atoms with Crippen molar-refractivity contribution < 1.29 is 9.90 Å². The van der Waals surface area contributed by atoms with Gasteiger partial charge in [0.2, 0.25) is 0 Å². The van der Waals surface area contributed by atoms with E-state index in [9.17, 15) is 4.79 Å². The zero-order chi connectivity index (χ0) is 11.9. The Morgan fingerprint density at radius 3 is 2.62 bits per heavy atom. The average Bonchev–Trinajstić information content (AvgIpc) is 2.14. The molecule has 1 N–H and O–H groups in total. The van der Waals surface area contributed by atoms with E-state index < -0.39 is 5.97 Å². The average molecular weight is 280 g/mol. The number of nitrogens with zero attached hydrogens (tertiary/aromatic N) is 1. The Labute approximate surface area is 101 Å². The molecular formula is C12H10BrNO2. The predicted octanol–water partition coefficient (Wildman–Crippen LogP) is 3.31. The number of aromatic carboxylic acids is 1. The maximum absolute atomic E-state index is 11.2. The molecule has 16 heavy (non-hydrogen) atoms. The monoisotopic (exact) mass is 279 g/mol. The molecule has 0 aliphatic carbocycles. The van der Waals surface area contributed by atoms with E-state index in [-0.39, 0.29) is 5.56 Å². The van der Waals surface area contributed by atoms with Crippen LogP contribution in [0.25, 0.3) is 10.9 Å². The fraction of sp³-hybridized carbons (Fsp3) is 0.167. The van der Waals surface area contributed by atoms with Crippen molar-refractivity contribution in [2.45, 2.75) is 13.8 Å². The third-order valence-corrected chi connectivity index (χ3v) is 2.86. The Hall–Kier alpha value is -1.42. The normalized spacial score (nSPS) is 10.7. The molecule has 4 heteroatoms. The second kappa shape index (κ2) is 3.87. The number of carboxylic acids is 1. The molecule has 82 valence electrons. The molecule has 0 bridgehead atoms. The lowest BCUT2D eigenvalue weighted by molar-refractivity contribution is 0.0699. The molecule has 1 aromatic heterocycles. The lowest BCUT2D eigenvalue weighted by atomic mass is 10.0. The van der Waals surface area contributed by atoms with E-state index in [2.05, 4.69) is 20.9 Å². The van der Waals surface area contributed by atoms with E-state index >= 15 is 0 Å². The van der Waals surface area contributed by atoms with Gasteiger partial charge in [-0.2, -0.15) is 0 Å². The summed E-state index contributed by atoms with van der Waals surface area (Å²) in [5, 5.41) is 9.86. The van der Waals surface area contributed by atoms with E-state index in [4.69, 9.17) is 5.11 Å². The summed E-state index contributed by atoms with van der Waals surface area (Å²) >= 11 is 3.23. The van der Waals surface area contributed by atoms with Crippen molar-refractivity contribution in [3.8, 4) is 0 Å². The lowest BCUT2D eigenvalue weighted by Gasteiger charge is -2.07. The first-order valence-electron chi connectivity index (χ1n) is 4.80. The molecule has 0 atom stereocenters. The second-order valence-electron chi connectivity index (χ2n) is 3.77. The van der Waals surface area contributed by atoms with E-state index in [1.54, 1.807) is 0 Å². The van der Waals surface area contributed by atoms with Gasteiger partial charge < -0.3 is 5.11 Å². The van der Waals surface area contributed by atoms with Gasteiger partial charge in [-0.05, 0) is 53.0 Å². The number of pyridine rings is 1. The predicted molar refractivity (Wildman–Crippen MR) is 65.9 cm³/mol. The minimum atomic E-state index is -0.931. The number of aromatic nitrogens is 1. The molecule has 0 radical (unpaired) electrons. The van der Waals surface area contributed by atoms with Crippen LogP contribution in [0.3, 0.4) is 0 Å². The van der Waals surface area contributed by atoms with Gasteiger partial charge in [0.15, 0.2) is 0 Å². The zero-order valence-corrected chi connectivity index (χ0v) is 10.5. The zero-order valence-electron chi connectivity index (χ0n) is 8.91. The molecule has 0 spiro atoms. The highest BCUT2D eigenvalue weighted by Gasteiger charge is 2.13. The third kappa shape index (κ3) is 1.80. The molecule has 0 unspecified atom stereocenters. The van der Waals surface area contributed by atoms with Crippen molar-refractivity contribution in [1.82, 2.24) is 4.98 Å². The van der Waals surface area contributed by atoms with Crippen LogP contribution in [-0.2, 0) is 0 Å². The summed E-state index contributed by atoms with van der Waals surface area (Å²) in [5.41, 5.74) is 3.01. The minimum Gasteiger partial charge on any atom is -0.478 e. The first-order valence-corrected chi connectivity index (χ1v) is 5.59. The maximum atomic E-state index is 11.2. The number of halogens is 1. The van der Waals surface area contributed by atoms with Crippen molar-refractivity contribution in [3.05, 3.63) is 39.5 Å². The first-order chi connectivity index (χ1) is 7.49. The molecule has 0 saturated carbocycles. The van der Waals surface area contributed by atoms with E-state index in [0.717, 1.165) is 11.1 Å². The van der Waals surface area contributed by atoms with Crippen LogP contribution >= 0.6 is 15.9 Å². The van der Waals surface area contributed by atoms with Crippen molar-refractivity contribution in [3.63, 3.8) is 0 Å². The molecule has 0 aliphatic heterocycles. The van der Waals surface area contributed by atoms with Gasteiger partial charge in [0, 0.05) is 5.39 Å².